The Hall–Kier alpha value is -3.29. The molecule has 174 valence electrons. The van der Waals surface area contributed by atoms with Gasteiger partial charge in [0.25, 0.3) is 5.91 Å². The van der Waals surface area contributed by atoms with Crippen LogP contribution in [-0.2, 0) is 12.8 Å². The second-order valence-electron chi connectivity index (χ2n) is 8.36. The molecule has 8 heteroatoms. The predicted octanol–water partition coefficient (Wildman–Crippen LogP) is 6.26. The van der Waals surface area contributed by atoms with Crippen molar-refractivity contribution in [3.8, 4) is 5.75 Å². The Kier molecular flexibility index (Phi) is 6.19. The summed E-state index contributed by atoms with van der Waals surface area (Å²) in [4.78, 5) is 15.0. The molecule has 0 saturated heterocycles. The highest BCUT2D eigenvalue weighted by molar-refractivity contribution is 5.95. The molecule has 33 heavy (non-hydrogen) atoms. The van der Waals surface area contributed by atoms with E-state index in [1.165, 1.54) is 6.07 Å². The number of alkyl halides is 3. The fraction of sp³-hybridized carbons (Fsp3) is 0.360. The van der Waals surface area contributed by atoms with Gasteiger partial charge in [-0.1, -0.05) is 17.3 Å². The van der Waals surface area contributed by atoms with E-state index in [2.05, 4.69) is 5.16 Å². The first-order chi connectivity index (χ1) is 15.6. The summed E-state index contributed by atoms with van der Waals surface area (Å²) >= 11 is 0. The third kappa shape index (κ3) is 5.05. The Morgan fingerprint density at radius 3 is 2.45 bits per heavy atom. The van der Waals surface area contributed by atoms with Crippen molar-refractivity contribution < 1.29 is 27.2 Å². The molecule has 1 heterocycles. The van der Waals surface area contributed by atoms with E-state index in [1.54, 1.807) is 42.2 Å². The van der Waals surface area contributed by atoms with E-state index in [-0.39, 0.29) is 11.9 Å². The Balaban J connectivity index is 1.49. The largest absolute Gasteiger partial charge is 0.489 e. The molecule has 1 aromatic heterocycles. The quantitative estimate of drug-likeness (QED) is 0.420. The van der Waals surface area contributed by atoms with Crippen LogP contribution in [0.2, 0.25) is 0 Å². The maximum atomic E-state index is 13.3. The Labute approximate surface area is 190 Å². The summed E-state index contributed by atoms with van der Waals surface area (Å²) in [5, 5.41) is 3.90. The second-order valence-corrected chi connectivity index (χ2v) is 8.36. The van der Waals surface area contributed by atoms with E-state index in [4.69, 9.17) is 9.26 Å². The second kappa shape index (κ2) is 8.92. The van der Waals surface area contributed by atoms with Crippen molar-refractivity contribution in [2.45, 2.75) is 58.5 Å². The lowest BCUT2D eigenvalue weighted by atomic mass is 10.0. The maximum absolute atomic E-state index is 13.3. The third-order valence-electron chi connectivity index (χ3n) is 5.95. The van der Waals surface area contributed by atoms with Crippen LogP contribution >= 0.6 is 0 Å². The van der Waals surface area contributed by atoms with Crippen LogP contribution in [0.25, 0.3) is 0 Å². The summed E-state index contributed by atoms with van der Waals surface area (Å²) in [5.41, 5.74) is 1.86. The molecule has 1 aliphatic rings. The van der Waals surface area contributed by atoms with Crippen LogP contribution in [0.15, 0.2) is 53.1 Å². The van der Waals surface area contributed by atoms with E-state index in [0.717, 1.165) is 36.2 Å². The van der Waals surface area contributed by atoms with Gasteiger partial charge in [-0.2, -0.15) is 13.2 Å². The highest BCUT2D eigenvalue weighted by Crippen LogP contribution is 2.37. The molecule has 0 N–H and O–H groups in total. The summed E-state index contributed by atoms with van der Waals surface area (Å²) in [6, 6.07) is 11.5. The Morgan fingerprint density at radius 1 is 1.18 bits per heavy atom. The number of carbonyl (C=O) groups is 1. The van der Waals surface area contributed by atoms with E-state index in [0.29, 0.717) is 29.2 Å². The number of nitrogens with zero attached hydrogens (tertiary/aromatic N) is 2. The molecule has 3 aromatic rings. The van der Waals surface area contributed by atoms with Crippen LogP contribution in [0.4, 0.5) is 13.2 Å². The molecule has 0 spiro atoms. The predicted molar refractivity (Wildman–Crippen MR) is 116 cm³/mol. The molecular formula is C25H25F3N2O3. The first-order valence-electron chi connectivity index (χ1n) is 10.8. The average Bonchev–Trinajstić information content (AvgIpc) is 3.57. The summed E-state index contributed by atoms with van der Waals surface area (Å²) in [6.07, 6.45) is -2.75. The lowest BCUT2D eigenvalue weighted by Gasteiger charge is -2.30. The summed E-state index contributed by atoms with van der Waals surface area (Å²) in [7, 11) is 0. The van der Waals surface area contributed by atoms with Crippen molar-refractivity contribution in [1.29, 1.82) is 0 Å². The highest BCUT2D eigenvalue weighted by Gasteiger charge is 2.37. The van der Waals surface area contributed by atoms with Crippen molar-refractivity contribution in [1.82, 2.24) is 10.1 Å². The number of rotatable bonds is 7. The highest BCUT2D eigenvalue weighted by atomic mass is 19.4. The Morgan fingerprint density at radius 2 is 1.88 bits per heavy atom. The number of benzene rings is 2. The summed E-state index contributed by atoms with van der Waals surface area (Å²) in [6.45, 7) is 5.73. The molecule has 1 fully saturated rings. The Bertz CT molecular complexity index is 1120. The molecule has 0 bridgehead atoms. The maximum Gasteiger partial charge on any atom is 0.416 e. The number of halogens is 3. The number of aryl methyl sites for hydroxylation is 2. The molecule has 5 nitrogen and oxygen atoms in total. The fourth-order valence-corrected chi connectivity index (χ4v) is 3.85. The molecule has 1 unspecified atom stereocenters. The summed E-state index contributed by atoms with van der Waals surface area (Å²) in [5.74, 6) is 1.08. The summed E-state index contributed by atoms with van der Waals surface area (Å²) < 4.78 is 50.4. The first kappa shape index (κ1) is 22.9. The van der Waals surface area contributed by atoms with E-state index in [9.17, 15) is 18.0 Å². The van der Waals surface area contributed by atoms with Gasteiger partial charge in [0.05, 0.1) is 22.9 Å². The minimum atomic E-state index is -4.43. The zero-order valence-electron chi connectivity index (χ0n) is 18.6. The molecule has 0 radical (unpaired) electrons. The topological polar surface area (TPSA) is 55.6 Å². The molecule has 1 saturated carbocycles. The van der Waals surface area contributed by atoms with Crippen LogP contribution in [0.3, 0.4) is 0 Å². The third-order valence-corrected chi connectivity index (χ3v) is 5.95. The molecule has 1 amide bonds. The van der Waals surface area contributed by atoms with Crippen LogP contribution in [0, 0.1) is 13.8 Å². The van der Waals surface area contributed by atoms with Gasteiger partial charge in [0.15, 0.2) is 0 Å². The van der Waals surface area contributed by atoms with E-state index < -0.39 is 17.8 Å². The molecular weight excluding hydrogens is 433 g/mol. The standard InChI is InChI=1S/C25H25F3N2O3/c1-15-23(17(3)33-29-15)14-32-22-11-7-18(8-12-22)24(31)30(21-9-10-21)16(2)19-5-4-6-20(13-19)25(26,27)28/h4-8,11-13,16,21H,9-10,14H2,1-3H3. The normalized spacial score (nSPS) is 14.7. The average molecular weight is 458 g/mol. The van der Waals surface area contributed by atoms with Gasteiger partial charge in [-0.05, 0) is 75.6 Å². The minimum absolute atomic E-state index is 0.0255. The smallest absolute Gasteiger partial charge is 0.416 e. The van der Waals surface area contributed by atoms with Crippen LogP contribution in [0.1, 0.15) is 64.3 Å². The molecule has 2 aromatic carbocycles. The van der Waals surface area contributed by atoms with Gasteiger partial charge in [0.2, 0.25) is 0 Å². The molecule has 1 aliphatic carbocycles. The van der Waals surface area contributed by atoms with Crippen LogP contribution in [-0.4, -0.2) is 22.0 Å². The zero-order valence-corrected chi connectivity index (χ0v) is 18.6. The van der Waals surface area contributed by atoms with Crippen molar-refractivity contribution in [2.75, 3.05) is 0 Å². The number of hydrogen-bond donors (Lipinski definition) is 0. The molecule has 4 rings (SSSR count). The number of amides is 1. The number of carbonyl (C=O) groups excluding carboxylic acids is 1. The van der Waals surface area contributed by atoms with E-state index in [1.807, 2.05) is 13.8 Å². The number of aromatic nitrogens is 1. The van der Waals surface area contributed by atoms with Crippen molar-refractivity contribution in [3.63, 3.8) is 0 Å². The first-order valence-corrected chi connectivity index (χ1v) is 10.8. The van der Waals surface area contributed by atoms with Crippen molar-refractivity contribution in [2.24, 2.45) is 0 Å². The fourth-order valence-electron chi connectivity index (χ4n) is 3.85. The van der Waals surface area contributed by atoms with Gasteiger partial charge in [0.1, 0.15) is 18.1 Å². The minimum Gasteiger partial charge on any atom is -0.489 e. The lowest BCUT2D eigenvalue weighted by molar-refractivity contribution is -0.137. The monoisotopic (exact) mass is 458 g/mol. The van der Waals surface area contributed by atoms with Gasteiger partial charge in [-0.25, -0.2) is 0 Å². The van der Waals surface area contributed by atoms with Gasteiger partial charge >= 0.3 is 6.18 Å². The van der Waals surface area contributed by atoms with Gasteiger partial charge < -0.3 is 14.2 Å². The van der Waals surface area contributed by atoms with Crippen LogP contribution < -0.4 is 4.74 Å². The zero-order chi connectivity index (χ0) is 23.8. The van der Waals surface area contributed by atoms with Crippen molar-refractivity contribution in [3.05, 3.63) is 82.2 Å². The van der Waals surface area contributed by atoms with E-state index >= 15 is 0 Å². The van der Waals surface area contributed by atoms with Gasteiger partial charge in [0, 0.05) is 11.6 Å². The van der Waals surface area contributed by atoms with Crippen LogP contribution in [0.5, 0.6) is 5.75 Å². The number of ether oxygens (including phenoxy) is 1. The van der Waals surface area contributed by atoms with Gasteiger partial charge in [-0.15, -0.1) is 0 Å². The molecule has 0 aliphatic heterocycles. The lowest BCUT2D eigenvalue weighted by Crippen LogP contribution is -2.35. The van der Waals surface area contributed by atoms with Crippen molar-refractivity contribution >= 4 is 5.91 Å². The molecule has 1 atom stereocenters. The number of hydrogen-bond acceptors (Lipinski definition) is 4. The SMILES string of the molecule is Cc1noc(C)c1COc1ccc(C(=O)N(C2CC2)C(C)c2cccc(C(F)(F)F)c2)cc1. The van der Waals surface area contributed by atoms with Gasteiger partial charge in [-0.3, -0.25) is 4.79 Å².